The van der Waals surface area contributed by atoms with Gasteiger partial charge < -0.3 is 11.1 Å². The number of aromatic nitrogens is 1. The summed E-state index contributed by atoms with van der Waals surface area (Å²) in [7, 11) is 0. The highest BCUT2D eigenvalue weighted by Crippen LogP contribution is 2.28. The minimum atomic E-state index is -0.314. The highest BCUT2D eigenvalue weighted by Gasteiger charge is 2.23. The van der Waals surface area contributed by atoms with Gasteiger partial charge in [0.05, 0.1) is 12.1 Å². The van der Waals surface area contributed by atoms with Gasteiger partial charge in [0, 0.05) is 30.2 Å². The van der Waals surface area contributed by atoms with E-state index in [2.05, 4.69) is 10.3 Å². The Morgan fingerprint density at radius 1 is 1.15 bits per heavy atom. The first-order valence-electron chi connectivity index (χ1n) is 8.61. The molecule has 2 amide bonds. The third-order valence-electron chi connectivity index (χ3n) is 4.28. The average molecular weight is 370 g/mol. The molecule has 7 heteroatoms. The minimum Gasteiger partial charge on any atom is -0.369 e. The van der Waals surface area contributed by atoms with Crippen molar-refractivity contribution in [2.75, 3.05) is 19.6 Å². The van der Waals surface area contributed by atoms with E-state index in [0.717, 1.165) is 30.8 Å². The van der Waals surface area contributed by atoms with Gasteiger partial charge in [-0.1, -0.05) is 30.0 Å². The Labute approximate surface area is 157 Å². The first kappa shape index (κ1) is 18.4. The third-order valence-corrected chi connectivity index (χ3v) is 5.30. The summed E-state index contributed by atoms with van der Waals surface area (Å²) in [6.07, 6.45) is 3.31. The molecule has 0 spiro atoms. The van der Waals surface area contributed by atoms with Crippen LogP contribution in [0, 0.1) is 0 Å². The predicted molar refractivity (Wildman–Crippen MR) is 101 cm³/mol. The van der Waals surface area contributed by atoms with Crippen LogP contribution in [0.3, 0.4) is 0 Å². The van der Waals surface area contributed by atoms with Gasteiger partial charge in [-0.15, -0.1) is 0 Å². The van der Waals surface area contributed by atoms with Crippen molar-refractivity contribution >= 4 is 23.6 Å². The second-order valence-electron chi connectivity index (χ2n) is 6.26. The molecule has 0 aliphatic carbocycles. The number of pyridine rings is 1. The monoisotopic (exact) mass is 370 g/mol. The molecule has 3 rings (SSSR count). The quantitative estimate of drug-likeness (QED) is 0.811. The van der Waals surface area contributed by atoms with Crippen LogP contribution >= 0.6 is 11.8 Å². The van der Waals surface area contributed by atoms with Gasteiger partial charge in [0.2, 0.25) is 5.91 Å². The van der Waals surface area contributed by atoms with Crippen LogP contribution < -0.4 is 11.1 Å². The summed E-state index contributed by atoms with van der Waals surface area (Å²) in [6.45, 7) is 1.79. The Morgan fingerprint density at radius 2 is 1.88 bits per heavy atom. The molecule has 1 aromatic carbocycles. The molecular formula is C19H22N4O2S. The van der Waals surface area contributed by atoms with Crippen molar-refractivity contribution in [1.29, 1.82) is 0 Å². The molecule has 1 aliphatic rings. The molecule has 0 unspecified atom stereocenters. The molecule has 1 saturated heterocycles. The van der Waals surface area contributed by atoms with Gasteiger partial charge >= 0.3 is 0 Å². The fraction of sp³-hybridized carbons (Fsp3) is 0.316. The molecule has 1 aromatic heterocycles. The number of carbonyl (C=O) groups is 2. The van der Waals surface area contributed by atoms with Crippen LogP contribution in [-0.2, 0) is 4.79 Å². The molecule has 1 fully saturated rings. The van der Waals surface area contributed by atoms with Gasteiger partial charge in [0.15, 0.2) is 0 Å². The van der Waals surface area contributed by atoms with E-state index in [1.54, 1.807) is 18.3 Å². The van der Waals surface area contributed by atoms with Crippen molar-refractivity contribution in [2.45, 2.75) is 28.8 Å². The maximum atomic E-state index is 12.7. The third kappa shape index (κ3) is 5.06. The number of amides is 2. The molecule has 3 N–H and O–H groups in total. The SMILES string of the molecule is NC(=O)CN1CCC(NC(=O)c2cccnc2Sc2ccccc2)CC1. The number of primary amides is 1. The number of piperidine rings is 1. The second kappa shape index (κ2) is 8.82. The highest BCUT2D eigenvalue weighted by atomic mass is 32.2. The molecule has 2 aromatic rings. The molecule has 136 valence electrons. The van der Waals surface area contributed by atoms with E-state index in [0.29, 0.717) is 10.6 Å². The lowest BCUT2D eigenvalue weighted by molar-refractivity contribution is -0.119. The minimum absolute atomic E-state index is 0.0985. The fourth-order valence-electron chi connectivity index (χ4n) is 2.96. The number of hydrogen-bond donors (Lipinski definition) is 2. The summed E-state index contributed by atoms with van der Waals surface area (Å²) in [5.41, 5.74) is 5.82. The maximum absolute atomic E-state index is 12.7. The zero-order chi connectivity index (χ0) is 18.4. The Bertz CT molecular complexity index is 761. The van der Waals surface area contributed by atoms with E-state index in [9.17, 15) is 9.59 Å². The van der Waals surface area contributed by atoms with Crippen LogP contribution in [0.15, 0.2) is 58.6 Å². The van der Waals surface area contributed by atoms with E-state index in [1.807, 2.05) is 35.2 Å². The van der Waals surface area contributed by atoms with Gasteiger partial charge in [-0.05, 0) is 37.1 Å². The van der Waals surface area contributed by atoms with Gasteiger partial charge in [-0.3, -0.25) is 14.5 Å². The number of nitrogens with one attached hydrogen (secondary N) is 1. The molecule has 2 heterocycles. The normalized spacial score (nSPS) is 15.5. The maximum Gasteiger partial charge on any atom is 0.254 e. The van der Waals surface area contributed by atoms with Gasteiger partial charge in [-0.2, -0.15) is 0 Å². The molecule has 1 aliphatic heterocycles. The molecule has 0 atom stereocenters. The van der Waals surface area contributed by atoms with Crippen LogP contribution in [0.5, 0.6) is 0 Å². The lowest BCUT2D eigenvalue weighted by atomic mass is 10.0. The van der Waals surface area contributed by atoms with E-state index in [4.69, 9.17) is 5.73 Å². The number of nitrogens with two attached hydrogens (primary N) is 1. The number of hydrogen-bond acceptors (Lipinski definition) is 5. The summed E-state index contributed by atoms with van der Waals surface area (Å²) in [5.74, 6) is -0.421. The van der Waals surface area contributed by atoms with Crippen molar-refractivity contribution in [3.05, 3.63) is 54.2 Å². The summed E-state index contributed by atoms with van der Waals surface area (Å²) in [5, 5.41) is 3.80. The topological polar surface area (TPSA) is 88.3 Å². The lowest BCUT2D eigenvalue weighted by Gasteiger charge is -2.31. The van der Waals surface area contributed by atoms with E-state index in [-0.39, 0.29) is 24.4 Å². The summed E-state index contributed by atoms with van der Waals surface area (Å²) < 4.78 is 0. The van der Waals surface area contributed by atoms with E-state index >= 15 is 0 Å². The Balaban J connectivity index is 1.61. The average Bonchev–Trinajstić information content (AvgIpc) is 2.64. The Morgan fingerprint density at radius 3 is 2.58 bits per heavy atom. The molecule has 6 nitrogen and oxygen atoms in total. The standard InChI is InChI=1S/C19H22N4O2S/c20-17(24)13-23-11-8-14(9-12-23)22-18(25)16-7-4-10-21-19(16)26-15-5-2-1-3-6-15/h1-7,10,14H,8-9,11-13H2,(H2,20,24)(H,22,25). The number of rotatable bonds is 6. The van der Waals surface area contributed by atoms with Crippen LogP contribution in [0.1, 0.15) is 23.2 Å². The number of likely N-dealkylation sites (tertiary alicyclic amines) is 1. The van der Waals surface area contributed by atoms with Crippen molar-refractivity contribution < 1.29 is 9.59 Å². The Hall–Kier alpha value is -2.38. The van der Waals surface area contributed by atoms with E-state index < -0.39 is 0 Å². The predicted octanol–water partition coefficient (Wildman–Crippen LogP) is 1.91. The zero-order valence-electron chi connectivity index (χ0n) is 14.4. The van der Waals surface area contributed by atoms with E-state index in [1.165, 1.54) is 11.8 Å². The van der Waals surface area contributed by atoms with Crippen molar-refractivity contribution in [2.24, 2.45) is 5.73 Å². The number of nitrogens with zero attached hydrogens (tertiary/aromatic N) is 2. The lowest BCUT2D eigenvalue weighted by Crippen LogP contribution is -2.46. The molecule has 0 bridgehead atoms. The molecule has 26 heavy (non-hydrogen) atoms. The van der Waals surface area contributed by atoms with Crippen LogP contribution in [-0.4, -0.2) is 47.4 Å². The molecule has 0 saturated carbocycles. The number of benzene rings is 1. The van der Waals surface area contributed by atoms with Gasteiger partial charge in [0.1, 0.15) is 5.03 Å². The van der Waals surface area contributed by atoms with Crippen LogP contribution in [0.2, 0.25) is 0 Å². The fourth-order valence-corrected chi connectivity index (χ4v) is 3.86. The summed E-state index contributed by atoms with van der Waals surface area (Å²) in [6, 6.07) is 13.6. The Kier molecular flexibility index (Phi) is 6.25. The zero-order valence-corrected chi connectivity index (χ0v) is 15.2. The largest absolute Gasteiger partial charge is 0.369 e. The number of carbonyl (C=O) groups excluding carboxylic acids is 2. The van der Waals surface area contributed by atoms with Gasteiger partial charge in [-0.25, -0.2) is 4.98 Å². The summed E-state index contributed by atoms with van der Waals surface area (Å²) in [4.78, 5) is 31.2. The van der Waals surface area contributed by atoms with Crippen molar-refractivity contribution in [3.63, 3.8) is 0 Å². The smallest absolute Gasteiger partial charge is 0.254 e. The first-order valence-corrected chi connectivity index (χ1v) is 9.43. The van der Waals surface area contributed by atoms with Crippen LogP contribution in [0.25, 0.3) is 0 Å². The van der Waals surface area contributed by atoms with Gasteiger partial charge in [0.25, 0.3) is 5.91 Å². The summed E-state index contributed by atoms with van der Waals surface area (Å²) >= 11 is 1.48. The van der Waals surface area contributed by atoms with Crippen molar-refractivity contribution in [3.8, 4) is 0 Å². The van der Waals surface area contributed by atoms with Crippen LogP contribution in [0.4, 0.5) is 0 Å². The molecule has 0 radical (unpaired) electrons. The van der Waals surface area contributed by atoms with Crippen molar-refractivity contribution in [1.82, 2.24) is 15.2 Å². The highest BCUT2D eigenvalue weighted by molar-refractivity contribution is 7.99. The molecular weight excluding hydrogens is 348 g/mol. The first-order chi connectivity index (χ1) is 12.6. The second-order valence-corrected chi connectivity index (χ2v) is 7.32.